The van der Waals surface area contributed by atoms with E-state index in [0.717, 1.165) is 6.26 Å². The molecule has 1 saturated carbocycles. The molecule has 2 N–H and O–H groups in total. The minimum atomic E-state index is -3.60. The zero-order valence-corrected chi connectivity index (χ0v) is 11.6. The van der Waals surface area contributed by atoms with Gasteiger partial charge in [0.25, 0.3) is 0 Å². The smallest absolute Gasteiger partial charge is 0.329 e. The average Bonchev–Trinajstić information content (AvgIpc) is 2.65. The molecule has 0 bridgehead atoms. The van der Waals surface area contributed by atoms with Crippen LogP contribution in [0.1, 0.15) is 39.5 Å². The first-order valence-corrected chi connectivity index (χ1v) is 7.68. The van der Waals surface area contributed by atoms with E-state index in [2.05, 4.69) is 5.32 Å². The lowest BCUT2D eigenvalue weighted by Crippen LogP contribution is -2.59. The van der Waals surface area contributed by atoms with E-state index in [1.54, 1.807) is 0 Å². The van der Waals surface area contributed by atoms with Crippen molar-refractivity contribution in [1.82, 2.24) is 5.32 Å². The van der Waals surface area contributed by atoms with Crippen LogP contribution in [-0.4, -0.2) is 41.9 Å². The Labute approximate surface area is 107 Å². The first-order chi connectivity index (χ1) is 8.03. The van der Waals surface area contributed by atoms with Gasteiger partial charge >= 0.3 is 5.97 Å². The van der Waals surface area contributed by atoms with E-state index in [9.17, 15) is 23.1 Å². The van der Waals surface area contributed by atoms with Gasteiger partial charge in [-0.05, 0) is 26.7 Å². The average molecular weight is 277 g/mol. The van der Waals surface area contributed by atoms with Crippen LogP contribution in [0.15, 0.2) is 0 Å². The summed E-state index contributed by atoms with van der Waals surface area (Å²) in [6.45, 7) is 2.56. The van der Waals surface area contributed by atoms with Crippen LogP contribution in [0.4, 0.5) is 0 Å². The highest BCUT2D eigenvalue weighted by atomic mass is 32.2. The van der Waals surface area contributed by atoms with Crippen LogP contribution in [0.3, 0.4) is 0 Å². The molecule has 0 aromatic heterocycles. The van der Waals surface area contributed by atoms with Crippen molar-refractivity contribution in [2.75, 3.05) is 6.26 Å². The maximum Gasteiger partial charge on any atom is 0.329 e. The molecule has 0 unspecified atom stereocenters. The van der Waals surface area contributed by atoms with Crippen molar-refractivity contribution < 1.29 is 23.1 Å². The van der Waals surface area contributed by atoms with E-state index in [4.69, 9.17) is 0 Å². The summed E-state index contributed by atoms with van der Waals surface area (Å²) in [6.07, 6.45) is 3.08. The highest BCUT2D eigenvalue weighted by molar-refractivity contribution is 7.92. The Bertz CT molecular complexity index is 460. The van der Waals surface area contributed by atoms with Gasteiger partial charge in [0.1, 0.15) is 10.3 Å². The zero-order valence-electron chi connectivity index (χ0n) is 10.8. The normalized spacial score (nSPS) is 19.5. The molecule has 7 heteroatoms. The quantitative estimate of drug-likeness (QED) is 0.771. The van der Waals surface area contributed by atoms with Gasteiger partial charge in [-0.15, -0.1) is 0 Å². The molecule has 104 valence electrons. The molecule has 0 aromatic rings. The molecule has 0 atom stereocenters. The number of carbonyl (C=O) groups excluding carboxylic acids is 1. The number of carbonyl (C=O) groups is 2. The third kappa shape index (κ3) is 2.50. The molecule has 1 aliphatic rings. The number of hydrogen-bond donors (Lipinski definition) is 2. The van der Waals surface area contributed by atoms with Gasteiger partial charge in [0.15, 0.2) is 9.84 Å². The van der Waals surface area contributed by atoms with E-state index in [1.807, 2.05) is 0 Å². The van der Waals surface area contributed by atoms with Crippen LogP contribution in [0, 0.1) is 0 Å². The summed E-state index contributed by atoms with van der Waals surface area (Å²) in [4.78, 5) is 23.3. The van der Waals surface area contributed by atoms with Gasteiger partial charge < -0.3 is 10.4 Å². The van der Waals surface area contributed by atoms with Crippen molar-refractivity contribution in [1.29, 1.82) is 0 Å². The van der Waals surface area contributed by atoms with Crippen LogP contribution in [0.5, 0.6) is 0 Å². The summed E-state index contributed by atoms with van der Waals surface area (Å²) in [6, 6.07) is 0. The van der Waals surface area contributed by atoms with Crippen molar-refractivity contribution in [2.45, 2.75) is 49.8 Å². The molecular weight excluding hydrogens is 258 g/mol. The van der Waals surface area contributed by atoms with Crippen LogP contribution < -0.4 is 5.32 Å². The molecule has 1 amide bonds. The summed E-state index contributed by atoms with van der Waals surface area (Å²) in [7, 11) is -3.60. The Balaban J connectivity index is 2.97. The number of carboxylic acids is 1. The largest absolute Gasteiger partial charge is 0.480 e. The number of nitrogens with one attached hydrogen (secondary N) is 1. The van der Waals surface area contributed by atoms with Crippen molar-refractivity contribution in [2.24, 2.45) is 0 Å². The third-order valence-electron chi connectivity index (χ3n) is 3.69. The molecule has 1 aliphatic carbocycles. The predicted molar refractivity (Wildman–Crippen MR) is 65.9 cm³/mol. The van der Waals surface area contributed by atoms with Gasteiger partial charge in [-0.1, -0.05) is 12.8 Å². The molecule has 0 spiro atoms. The summed E-state index contributed by atoms with van der Waals surface area (Å²) in [5.41, 5.74) is -1.31. The molecule has 0 saturated heterocycles. The van der Waals surface area contributed by atoms with Crippen molar-refractivity contribution in [3.63, 3.8) is 0 Å². The van der Waals surface area contributed by atoms with Crippen molar-refractivity contribution in [3.8, 4) is 0 Å². The number of sulfone groups is 1. The summed E-state index contributed by atoms with van der Waals surface area (Å²) < 4.78 is 21.4. The summed E-state index contributed by atoms with van der Waals surface area (Å²) >= 11 is 0. The van der Waals surface area contributed by atoms with Crippen LogP contribution in [0.2, 0.25) is 0 Å². The van der Waals surface area contributed by atoms with Crippen molar-refractivity contribution in [3.05, 3.63) is 0 Å². The topological polar surface area (TPSA) is 101 Å². The minimum absolute atomic E-state index is 0.341. The number of rotatable bonds is 4. The fourth-order valence-electron chi connectivity index (χ4n) is 1.91. The fourth-order valence-corrected chi connectivity index (χ4v) is 2.29. The van der Waals surface area contributed by atoms with Gasteiger partial charge in [-0.25, -0.2) is 13.2 Å². The summed E-state index contributed by atoms with van der Waals surface area (Å²) in [5.74, 6) is -1.85. The highest BCUT2D eigenvalue weighted by Crippen LogP contribution is 2.31. The van der Waals surface area contributed by atoms with Gasteiger partial charge in [0.2, 0.25) is 5.91 Å². The Hall–Kier alpha value is -1.11. The van der Waals surface area contributed by atoms with Gasteiger partial charge in [-0.2, -0.15) is 0 Å². The molecule has 0 aromatic carbocycles. The molecule has 18 heavy (non-hydrogen) atoms. The van der Waals surface area contributed by atoms with Gasteiger partial charge in [-0.3, -0.25) is 4.79 Å². The minimum Gasteiger partial charge on any atom is -0.480 e. The molecule has 0 aliphatic heterocycles. The zero-order chi connectivity index (χ0) is 14.2. The van der Waals surface area contributed by atoms with E-state index in [1.165, 1.54) is 13.8 Å². The second kappa shape index (κ2) is 4.53. The first kappa shape index (κ1) is 14.9. The number of aliphatic carboxylic acids is 1. The van der Waals surface area contributed by atoms with E-state index >= 15 is 0 Å². The number of carboxylic acid groups (broad SMARTS) is 1. The monoisotopic (exact) mass is 277 g/mol. The van der Waals surface area contributed by atoms with Crippen LogP contribution in [-0.2, 0) is 19.4 Å². The van der Waals surface area contributed by atoms with Crippen molar-refractivity contribution >= 4 is 21.7 Å². The first-order valence-electron chi connectivity index (χ1n) is 5.78. The van der Waals surface area contributed by atoms with Crippen LogP contribution >= 0.6 is 0 Å². The second-order valence-electron chi connectivity index (χ2n) is 5.33. The third-order valence-corrected chi connectivity index (χ3v) is 5.73. The Morgan fingerprint density at radius 1 is 1.22 bits per heavy atom. The molecule has 1 rings (SSSR count). The lowest BCUT2D eigenvalue weighted by Gasteiger charge is -2.30. The fraction of sp³-hybridized carbons (Fsp3) is 0.818. The molecular formula is C11H19NO5S. The van der Waals surface area contributed by atoms with E-state index < -0.39 is 32.0 Å². The van der Waals surface area contributed by atoms with Gasteiger partial charge in [0, 0.05) is 6.26 Å². The van der Waals surface area contributed by atoms with E-state index in [-0.39, 0.29) is 0 Å². The SMILES string of the molecule is CC(C)(C(=O)NC1(C(=O)O)CCCC1)S(C)(=O)=O. The Morgan fingerprint density at radius 3 is 2.00 bits per heavy atom. The van der Waals surface area contributed by atoms with Gasteiger partial charge in [0.05, 0.1) is 0 Å². The maximum absolute atomic E-state index is 12.0. The lowest BCUT2D eigenvalue weighted by atomic mass is 9.96. The second-order valence-corrected chi connectivity index (χ2v) is 7.90. The molecule has 1 fully saturated rings. The predicted octanol–water partition coefficient (Wildman–Crippen LogP) is 0.323. The Morgan fingerprint density at radius 2 is 1.67 bits per heavy atom. The number of amides is 1. The molecule has 0 heterocycles. The number of hydrogen-bond acceptors (Lipinski definition) is 4. The maximum atomic E-state index is 12.0. The lowest BCUT2D eigenvalue weighted by molar-refractivity contribution is -0.147. The summed E-state index contributed by atoms with van der Waals surface area (Å²) in [5, 5.41) is 11.6. The molecule has 6 nitrogen and oxygen atoms in total. The Kier molecular flexibility index (Phi) is 3.76. The highest BCUT2D eigenvalue weighted by Gasteiger charge is 2.47. The molecule has 0 radical (unpaired) electrons. The van der Waals surface area contributed by atoms with Crippen LogP contribution in [0.25, 0.3) is 0 Å². The standard InChI is InChI=1S/C11H19NO5S/c1-10(2,18(3,16)17)8(13)12-11(9(14)15)6-4-5-7-11/h4-7H2,1-3H3,(H,12,13)(H,14,15). The van der Waals surface area contributed by atoms with E-state index in [0.29, 0.717) is 25.7 Å².